The zero-order chi connectivity index (χ0) is 85.6. The van der Waals surface area contributed by atoms with Gasteiger partial charge in [0.2, 0.25) is 18.9 Å². The van der Waals surface area contributed by atoms with E-state index in [-0.39, 0.29) is 17.3 Å². The highest BCUT2D eigenvalue weighted by molar-refractivity contribution is 7.99. The fraction of sp³-hybridized carbons (Fsp3) is 0.887. The summed E-state index contributed by atoms with van der Waals surface area (Å²) in [5.74, 6) is -8.60. The van der Waals surface area contributed by atoms with Crippen LogP contribution in [-0.2, 0) is 109 Å². The van der Waals surface area contributed by atoms with E-state index < -0.39 is 348 Å². The molecule has 0 spiro atoms. The number of aromatic nitrogens is 2. The number of halogens is 2. The number of esters is 2. The lowest BCUT2D eigenvalue weighted by molar-refractivity contribution is -0.395. The van der Waals surface area contributed by atoms with Crippen LogP contribution in [0.3, 0.4) is 0 Å². The van der Waals surface area contributed by atoms with Crippen LogP contribution in [0.5, 0.6) is 0 Å². The summed E-state index contributed by atoms with van der Waals surface area (Å²) in [4.78, 5) is 64.0. The van der Waals surface area contributed by atoms with Crippen molar-refractivity contribution in [2.75, 3.05) is 95.9 Å². The number of carbonyl (C=O) groups is 3. The second kappa shape index (κ2) is 41.9. The Morgan fingerprint density at radius 3 is 1.21 bits per heavy atom. The van der Waals surface area contributed by atoms with Gasteiger partial charge in [0.05, 0.1) is 64.3 Å². The Morgan fingerprint density at radius 2 is 0.872 bits per heavy atom. The quantitative estimate of drug-likeness (QED) is 0.0246. The lowest BCUT2D eigenvalue weighted by Crippen LogP contribution is -2.68. The van der Waals surface area contributed by atoms with Crippen molar-refractivity contribution in [2.24, 2.45) is 0 Å². The number of rotatable bonds is 25. The number of aliphatic hydroxyl groups is 20. The Labute approximate surface area is 667 Å². The first-order valence-corrected chi connectivity index (χ1v) is 40.3. The van der Waals surface area contributed by atoms with Crippen LogP contribution < -0.4 is 22.1 Å². The molecule has 0 radical (unpaired) electrons. The van der Waals surface area contributed by atoms with Crippen LogP contribution in [0.25, 0.3) is 0 Å². The molecule has 1 aromatic heterocycles. The van der Waals surface area contributed by atoms with Gasteiger partial charge in [-0.05, 0) is 19.4 Å². The van der Waals surface area contributed by atoms with Gasteiger partial charge < -0.3 is 204 Å². The fourth-order valence-electron chi connectivity index (χ4n) is 13.9. The Morgan fingerprint density at radius 1 is 0.521 bits per heavy atom. The molecule has 1 amide bonds. The first-order chi connectivity index (χ1) is 55.5. The lowest BCUT2D eigenvalue weighted by Gasteiger charge is -2.50. The molecule has 22 aliphatic rings. The molecule has 23 rings (SSSR count). The van der Waals surface area contributed by atoms with E-state index >= 15 is 0 Å². The van der Waals surface area contributed by atoms with E-state index in [1.165, 1.54) is 7.05 Å². The zero-order valence-electron chi connectivity index (χ0n) is 61.5. The first-order valence-electron chi connectivity index (χ1n) is 36.2. The highest BCUT2D eigenvalue weighted by Crippen LogP contribution is 2.48. The average molecular weight is 1770 g/mol. The van der Waals surface area contributed by atoms with Gasteiger partial charge in [0, 0.05) is 30.0 Å². The third-order valence-electron chi connectivity index (χ3n) is 20.3. The molecule has 22 fully saturated rings. The first kappa shape index (κ1) is 95.5. The highest BCUT2D eigenvalue weighted by atomic mass is 32.2. The summed E-state index contributed by atoms with van der Waals surface area (Å²) in [6.45, 7) is -9.66. The highest BCUT2D eigenvalue weighted by Gasteiger charge is 2.63. The van der Waals surface area contributed by atoms with Crippen LogP contribution in [0.2, 0.25) is 0 Å². The molecule has 55 heteroatoms. The van der Waals surface area contributed by atoms with Crippen LogP contribution in [0.4, 0.5) is 14.6 Å². The predicted octanol–water partition coefficient (Wildman–Crippen LogP) is -15.1. The number of nitrogens with two attached hydrogens (primary N) is 1. The predicted molar refractivity (Wildman–Crippen MR) is 367 cm³/mol. The van der Waals surface area contributed by atoms with Gasteiger partial charge in [0.1, 0.15) is 171 Å². The topological polar surface area (TPSA) is 753 Å². The van der Waals surface area contributed by atoms with E-state index in [1.54, 1.807) is 6.26 Å². The average Bonchev–Trinajstić information content (AvgIpc) is 1.74. The number of anilines is 1. The summed E-state index contributed by atoms with van der Waals surface area (Å²) in [7, 11) is -3.93. The smallest absolute Gasteiger partial charge is 0.454 e. The van der Waals surface area contributed by atoms with Gasteiger partial charge in [0.15, 0.2) is 56.7 Å². The minimum atomic E-state index is -5.27. The molecule has 117 heavy (non-hydrogen) atoms. The van der Waals surface area contributed by atoms with Gasteiger partial charge in [-0.3, -0.25) is 18.7 Å². The van der Waals surface area contributed by atoms with Crippen molar-refractivity contribution in [1.82, 2.24) is 20.2 Å². The third kappa shape index (κ3) is 21.8. The summed E-state index contributed by atoms with van der Waals surface area (Å²) in [6.07, 6.45) is -76.9. The van der Waals surface area contributed by atoms with E-state index in [1.807, 2.05) is 0 Å². The zero-order valence-corrected chi connectivity index (χ0v) is 64.1. The van der Waals surface area contributed by atoms with Crippen LogP contribution in [0, 0.1) is 0 Å². The Bertz CT molecular complexity index is 3460. The number of thioether (sulfide) groups is 2. The minimum Gasteiger partial charge on any atom is -0.454 e. The molecule has 40 atom stereocenters. The summed E-state index contributed by atoms with van der Waals surface area (Å²) < 4.78 is 149. The number of nitrogens with zero attached hydrogens (tertiary/aromatic N) is 2. The molecule has 25 N–H and O–H groups in total. The maximum atomic E-state index is 14.9. The largest absolute Gasteiger partial charge is 0.475 e. The standard InChI is InChI=1S/C62H98F2N5O45PS2/c1-66-18(52(92)67-5-3-28(75)96-13-29(76)97-17-99-115(94,95)98-12-24-51(91)62(63,64)60(107-24)69-6-4-27(65)68-61(69)93)14-117-16-26-50-36(83)43(90)59(106-26)112-48-23(11-74)102-55(39(86)32(48)79)108-44-19(7-70)100-53(37(84)30(44)77)109-45-20(8-71)103-56(40(87)33(45)80)113-49-25(15-116-2)105-58(42(89)35(49)82)111-47-22(10-73)101-54(38(85)31(47)78)110-46-21(9-72)104-57(114-50)41(88)34(46)81/h4,6,18-26,30-51,53-60,66,70-74,77-91H,3,5,7-17H2,1-2H3,(H,67,92)(H,94,95)(H2,65,68,93)/t18-,19?,20?,21?,22?,23?,24-,25?,26?,30-,31-,32-,33-,34-,35-,36-,37?,38?,39?,40?,41?,42?,43?,44-,45-,46-,47-,48-,49-,50-,51-,53-,54+,55-,56-,57+,58-,59+,60-/m1/s1. The lowest BCUT2D eigenvalue weighted by atomic mass is 9.95. The molecule has 14 bridgehead atoms. The molecule has 15 unspecified atom stereocenters. The van der Waals surface area contributed by atoms with Crippen molar-refractivity contribution in [3.05, 3.63) is 22.7 Å². The molecule has 1 aromatic rings. The summed E-state index contributed by atoms with van der Waals surface area (Å²) >= 11 is 1.92. The maximum absolute atomic E-state index is 14.9. The van der Waals surface area contributed by atoms with E-state index in [9.17, 15) is 140 Å². The van der Waals surface area contributed by atoms with Gasteiger partial charge in [-0.15, -0.1) is 0 Å². The van der Waals surface area contributed by atoms with Gasteiger partial charge in [-0.1, -0.05) is 0 Å². The van der Waals surface area contributed by atoms with E-state index in [2.05, 4.69) is 29.4 Å². The normalized spacial score (nSPS) is 44.2. The van der Waals surface area contributed by atoms with Crippen molar-refractivity contribution >= 4 is 55.0 Å². The van der Waals surface area contributed by atoms with Gasteiger partial charge >= 0.3 is 31.4 Å². The summed E-state index contributed by atoms with van der Waals surface area (Å²) in [6, 6.07) is -0.209. The number of nitrogens with one attached hydrogen (secondary N) is 2. The van der Waals surface area contributed by atoms with Gasteiger partial charge in [0.25, 0.3) is 0 Å². The number of hydrogen-bond acceptors (Lipinski definition) is 49. The van der Waals surface area contributed by atoms with E-state index in [4.69, 9.17) is 81.5 Å². The van der Waals surface area contributed by atoms with Crippen molar-refractivity contribution in [2.45, 2.75) is 252 Å². The summed E-state index contributed by atoms with van der Waals surface area (Å²) in [5.41, 5.74) is 4.11. The number of phosphoric ester groups is 1. The SMILES string of the molecule is CN[C@H](CSCC1O[C@H]2O[C@@H]3C(CO)O[C@H](O[C@@H]4C(CO)O[C@H](O[C@@H]5C(CO)O[C@H](O[C@@H]6C(CSC)O[C@H](O[C@@H]7C(CO)O[C@@H](O[C@@H]8C(CO)O[C@@H](O[C@H]1[C@H](O)C2O)C(O)[C@H]8O)C(O)[C@H]7O)C(O)[C@H]6O)C(O)[C@H]5O)C(O)[C@H]4O)C(O)[C@H]3O)C(=O)NCCC(=O)OCC(=O)OCOP(=O)(O)OC[C@H]1O[C@@H](n2ccc(N)nc2=O)C(F)(F)[C@@H]1O. The van der Waals surface area contributed by atoms with Crippen molar-refractivity contribution in [3.63, 3.8) is 0 Å². The van der Waals surface area contributed by atoms with Crippen molar-refractivity contribution in [3.8, 4) is 0 Å². The van der Waals surface area contributed by atoms with E-state index in [0.29, 0.717) is 4.57 Å². The number of likely N-dealkylation sites (N-methyl/N-ethyl adjacent to an activating group) is 1. The fourth-order valence-corrected chi connectivity index (χ4v) is 16.3. The van der Waals surface area contributed by atoms with Gasteiger partial charge in [-0.2, -0.15) is 37.3 Å². The summed E-state index contributed by atoms with van der Waals surface area (Å²) in [5, 5.41) is 232. The van der Waals surface area contributed by atoms with Crippen molar-refractivity contribution < 1.29 is 224 Å². The molecule has 22 saturated heterocycles. The molecule has 50 nitrogen and oxygen atoms in total. The van der Waals surface area contributed by atoms with Crippen molar-refractivity contribution in [1.29, 1.82) is 0 Å². The van der Waals surface area contributed by atoms with Crippen LogP contribution in [-0.4, -0.2) is 464 Å². The van der Waals surface area contributed by atoms with Crippen LogP contribution >= 0.6 is 31.3 Å². The number of alkyl halides is 2. The third-order valence-corrected chi connectivity index (χ3v) is 23.0. The molecular weight excluding hydrogens is 1670 g/mol. The number of hydrogen-bond donors (Lipinski definition) is 24. The Kier molecular flexibility index (Phi) is 34.2. The number of nitrogen functional groups attached to an aromatic ring is 1. The second-order valence-electron chi connectivity index (χ2n) is 28.0. The monoisotopic (exact) mass is 1770 g/mol. The number of amides is 1. The molecule has 672 valence electrons. The number of aliphatic hydroxyl groups excluding tert-OH is 20. The number of ether oxygens (including phenoxy) is 17. The number of carbonyl (C=O) groups excluding carboxylic acids is 3. The molecule has 0 aliphatic carbocycles. The Balaban J connectivity index is 0.808. The molecule has 22 aliphatic heterocycles. The molecule has 23 heterocycles. The van der Waals surface area contributed by atoms with Gasteiger partial charge in [-0.25, -0.2) is 18.7 Å². The maximum Gasteiger partial charge on any atom is 0.475 e. The number of phosphoric acid groups is 1. The molecule has 0 aromatic carbocycles. The molecular formula is C62H98F2N5O45PS2. The van der Waals surface area contributed by atoms with Crippen LogP contribution in [0.1, 0.15) is 12.6 Å². The van der Waals surface area contributed by atoms with Crippen LogP contribution in [0.15, 0.2) is 17.1 Å². The second-order valence-corrected chi connectivity index (χ2v) is 31.5. The Hall–Kier alpha value is -3.68. The van der Waals surface area contributed by atoms with E-state index in [0.717, 1.165) is 35.8 Å². The minimum absolute atomic E-state index is 0.114. The molecule has 0 saturated carbocycles.